The number of nitrogens with one attached hydrogen (secondary N) is 2. The SMILES string of the molecule is NNC(=O)C1=CC2CCC1(C(=O)NN)C2. The first-order chi connectivity index (χ1) is 7.14. The van der Waals surface area contributed by atoms with Gasteiger partial charge in [0.25, 0.3) is 5.91 Å². The van der Waals surface area contributed by atoms with E-state index in [1.807, 2.05) is 6.08 Å². The van der Waals surface area contributed by atoms with Gasteiger partial charge < -0.3 is 0 Å². The molecule has 2 unspecified atom stereocenters. The van der Waals surface area contributed by atoms with Gasteiger partial charge in [0, 0.05) is 5.57 Å². The number of amides is 2. The molecule has 6 nitrogen and oxygen atoms in total. The Bertz CT molecular complexity index is 352. The summed E-state index contributed by atoms with van der Waals surface area (Å²) < 4.78 is 0. The standard InChI is InChI=1S/C9H14N4O2/c10-12-7(14)6-3-5-1-2-9(6,4-5)8(15)13-11/h3,5H,1-2,4,10-11H2,(H,12,14)(H,13,15). The molecule has 2 rings (SSSR count). The molecule has 2 atom stereocenters. The van der Waals surface area contributed by atoms with Crippen molar-refractivity contribution in [2.45, 2.75) is 19.3 Å². The van der Waals surface area contributed by atoms with Gasteiger partial charge in [0.1, 0.15) is 0 Å². The molecule has 0 heterocycles. The number of hydrogen-bond donors (Lipinski definition) is 4. The average Bonchev–Trinajstić information content (AvgIpc) is 2.85. The first-order valence-corrected chi connectivity index (χ1v) is 4.88. The van der Waals surface area contributed by atoms with E-state index in [1.54, 1.807) is 0 Å². The molecule has 15 heavy (non-hydrogen) atoms. The summed E-state index contributed by atoms with van der Waals surface area (Å²) in [5.41, 5.74) is 3.92. The van der Waals surface area contributed by atoms with Crippen LogP contribution in [0.5, 0.6) is 0 Å². The van der Waals surface area contributed by atoms with Crippen LogP contribution >= 0.6 is 0 Å². The summed E-state index contributed by atoms with van der Waals surface area (Å²) in [5.74, 6) is 9.84. The summed E-state index contributed by atoms with van der Waals surface area (Å²) in [6.07, 6.45) is 4.09. The number of allylic oxidation sites excluding steroid dienone is 1. The van der Waals surface area contributed by atoms with Crippen LogP contribution in [0.4, 0.5) is 0 Å². The molecule has 2 bridgehead atoms. The minimum Gasteiger partial charge on any atom is -0.293 e. The first-order valence-electron chi connectivity index (χ1n) is 4.88. The number of carbonyl (C=O) groups excluding carboxylic acids is 2. The van der Waals surface area contributed by atoms with Gasteiger partial charge in [-0.1, -0.05) is 6.08 Å². The number of hydrogen-bond acceptors (Lipinski definition) is 4. The molecule has 6 heteroatoms. The van der Waals surface area contributed by atoms with Gasteiger partial charge in [-0.05, 0) is 25.2 Å². The number of nitrogens with two attached hydrogens (primary N) is 2. The summed E-state index contributed by atoms with van der Waals surface area (Å²) in [5, 5.41) is 0. The fourth-order valence-corrected chi connectivity index (χ4v) is 2.70. The average molecular weight is 210 g/mol. The van der Waals surface area contributed by atoms with E-state index in [0.717, 1.165) is 6.42 Å². The quantitative estimate of drug-likeness (QED) is 0.258. The van der Waals surface area contributed by atoms with Crippen LogP contribution in [0.3, 0.4) is 0 Å². The maximum atomic E-state index is 11.7. The molecule has 82 valence electrons. The van der Waals surface area contributed by atoms with Gasteiger partial charge in [0.15, 0.2) is 0 Å². The summed E-state index contributed by atoms with van der Waals surface area (Å²) in [4.78, 5) is 23.2. The third kappa shape index (κ3) is 1.25. The molecule has 2 aliphatic carbocycles. The molecule has 1 fully saturated rings. The van der Waals surface area contributed by atoms with Gasteiger partial charge in [0.05, 0.1) is 5.41 Å². The summed E-state index contributed by atoms with van der Waals surface area (Å²) in [6.45, 7) is 0. The highest BCUT2D eigenvalue weighted by Gasteiger charge is 2.53. The number of rotatable bonds is 2. The van der Waals surface area contributed by atoms with Crippen molar-refractivity contribution in [1.29, 1.82) is 0 Å². The van der Waals surface area contributed by atoms with Crippen molar-refractivity contribution in [1.82, 2.24) is 10.9 Å². The maximum absolute atomic E-state index is 11.7. The smallest absolute Gasteiger partial charge is 0.261 e. The second kappa shape index (κ2) is 3.32. The second-order valence-electron chi connectivity index (χ2n) is 4.11. The van der Waals surface area contributed by atoms with Crippen LogP contribution in [0.25, 0.3) is 0 Å². The summed E-state index contributed by atoms with van der Waals surface area (Å²) >= 11 is 0. The van der Waals surface area contributed by atoms with E-state index >= 15 is 0 Å². The Morgan fingerprint density at radius 1 is 1.40 bits per heavy atom. The van der Waals surface area contributed by atoms with Crippen molar-refractivity contribution in [3.8, 4) is 0 Å². The van der Waals surface area contributed by atoms with Gasteiger partial charge in [-0.15, -0.1) is 0 Å². The lowest BCUT2D eigenvalue weighted by Gasteiger charge is -2.26. The molecule has 2 aliphatic rings. The van der Waals surface area contributed by atoms with E-state index in [2.05, 4.69) is 10.9 Å². The Kier molecular flexibility index (Phi) is 2.24. The van der Waals surface area contributed by atoms with Crippen LogP contribution in [0.2, 0.25) is 0 Å². The van der Waals surface area contributed by atoms with Crippen LogP contribution in [-0.4, -0.2) is 11.8 Å². The molecule has 1 saturated carbocycles. The zero-order chi connectivity index (χ0) is 11.1. The van der Waals surface area contributed by atoms with E-state index in [1.165, 1.54) is 0 Å². The molecule has 0 aromatic rings. The topological polar surface area (TPSA) is 110 Å². The van der Waals surface area contributed by atoms with Crippen molar-refractivity contribution in [3.05, 3.63) is 11.6 Å². The Morgan fingerprint density at radius 3 is 2.67 bits per heavy atom. The first kappa shape index (κ1) is 10.1. The largest absolute Gasteiger partial charge is 0.293 e. The molecule has 0 aliphatic heterocycles. The number of hydrazine groups is 2. The maximum Gasteiger partial charge on any atom is 0.261 e. The molecule has 0 aromatic heterocycles. The van der Waals surface area contributed by atoms with Crippen molar-refractivity contribution in [3.63, 3.8) is 0 Å². The van der Waals surface area contributed by atoms with Gasteiger partial charge in [0.2, 0.25) is 5.91 Å². The van der Waals surface area contributed by atoms with Gasteiger partial charge in [-0.2, -0.15) is 0 Å². The molecular formula is C9H14N4O2. The highest BCUT2D eigenvalue weighted by Crippen LogP contribution is 2.53. The van der Waals surface area contributed by atoms with E-state index in [9.17, 15) is 9.59 Å². The monoisotopic (exact) mass is 210 g/mol. The predicted molar refractivity (Wildman–Crippen MR) is 52.5 cm³/mol. The molecular weight excluding hydrogens is 196 g/mol. The van der Waals surface area contributed by atoms with E-state index < -0.39 is 5.41 Å². The molecule has 0 spiro atoms. The number of carbonyl (C=O) groups is 2. The van der Waals surface area contributed by atoms with Crippen LogP contribution in [0.15, 0.2) is 11.6 Å². The molecule has 0 aromatic carbocycles. The Balaban J connectivity index is 2.35. The Labute approximate surface area is 87.0 Å². The Morgan fingerprint density at radius 2 is 2.13 bits per heavy atom. The third-order valence-corrected chi connectivity index (χ3v) is 3.41. The van der Waals surface area contributed by atoms with Gasteiger partial charge >= 0.3 is 0 Å². The van der Waals surface area contributed by atoms with Crippen molar-refractivity contribution < 1.29 is 9.59 Å². The molecule has 2 amide bonds. The van der Waals surface area contributed by atoms with E-state index in [-0.39, 0.29) is 11.8 Å². The van der Waals surface area contributed by atoms with Crippen LogP contribution in [-0.2, 0) is 9.59 Å². The van der Waals surface area contributed by atoms with Crippen LogP contribution < -0.4 is 22.5 Å². The zero-order valence-corrected chi connectivity index (χ0v) is 8.25. The molecule has 0 saturated heterocycles. The summed E-state index contributed by atoms with van der Waals surface area (Å²) in [6, 6.07) is 0. The van der Waals surface area contributed by atoms with E-state index in [4.69, 9.17) is 11.7 Å². The lowest BCUT2D eigenvalue weighted by Crippen LogP contribution is -2.47. The van der Waals surface area contributed by atoms with Gasteiger partial charge in [-0.3, -0.25) is 20.4 Å². The summed E-state index contributed by atoms with van der Waals surface area (Å²) in [7, 11) is 0. The Hall–Kier alpha value is -1.40. The van der Waals surface area contributed by atoms with Crippen molar-refractivity contribution >= 4 is 11.8 Å². The van der Waals surface area contributed by atoms with Crippen LogP contribution in [0, 0.1) is 11.3 Å². The molecule has 0 radical (unpaired) electrons. The van der Waals surface area contributed by atoms with E-state index in [0.29, 0.717) is 24.3 Å². The second-order valence-corrected chi connectivity index (χ2v) is 4.11. The van der Waals surface area contributed by atoms with Crippen LogP contribution in [0.1, 0.15) is 19.3 Å². The minimum absolute atomic E-state index is 0.294. The number of fused-ring (bicyclic) bond motifs is 2. The lowest BCUT2D eigenvalue weighted by molar-refractivity contribution is -0.131. The predicted octanol–water partition coefficient (Wildman–Crippen LogP) is -1.31. The normalized spacial score (nSPS) is 32.4. The minimum atomic E-state index is -0.747. The third-order valence-electron chi connectivity index (χ3n) is 3.41. The van der Waals surface area contributed by atoms with Crippen molar-refractivity contribution in [2.24, 2.45) is 23.0 Å². The fourth-order valence-electron chi connectivity index (χ4n) is 2.70. The highest BCUT2D eigenvalue weighted by molar-refractivity contribution is 6.03. The molecule has 6 N–H and O–H groups in total. The van der Waals surface area contributed by atoms with Gasteiger partial charge in [-0.25, -0.2) is 11.7 Å². The zero-order valence-electron chi connectivity index (χ0n) is 8.25. The lowest BCUT2D eigenvalue weighted by atomic mass is 9.79. The fraction of sp³-hybridized carbons (Fsp3) is 0.556. The highest BCUT2D eigenvalue weighted by atomic mass is 16.2. The van der Waals surface area contributed by atoms with Crippen molar-refractivity contribution in [2.75, 3.05) is 0 Å².